The minimum Gasteiger partial charge on any atom is -0.378 e. The van der Waals surface area contributed by atoms with Crippen LogP contribution in [0.3, 0.4) is 0 Å². The van der Waals surface area contributed by atoms with E-state index in [-0.39, 0.29) is 17.5 Å². The number of hydrogen-bond acceptors (Lipinski definition) is 6. The van der Waals surface area contributed by atoms with E-state index < -0.39 is 4.92 Å². The highest BCUT2D eigenvalue weighted by atomic mass is 16.6. The first-order valence-corrected chi connectivity index (χ1v) is 8.85. The summed E-state index contributed by atoms with van der Waals surface area (Å²) in [5, 5.41) is 11.5. The first-order chi connectivity index (χ1) is 12.5. The van der Waals surface area contributed by atoms with E-state index in [4.69, 9.17) is 5.73 Å². The number of aromatic nitrogens is 1. The lowest BCUT2D eigenvalue weighted by Crippen LogP contribution is -2.50. The van der Waals surface area contributed by atoms with Crippen LogP contribution in [0, 0.1) is 16.0 Å². The summed E-state index contributed by atoms with van der Waals surface area (Å²) in [4.78, 5) is 19.3. The maximum atomic E-state index is 11.5. The molecular weight excluding hydrogens is 330 g/mol. The molecule has 0 radical (unpaired) electrons. The second kappa shape index (κ2) is 7.70. The number of likely N-dealkylation sites (tertiary alicyclic amines) is 1. The maximum absolute atomic E-state index is 11.5. The number of pyridine rings is 1. The van der Waals surface area contributed by atoms with Crippen LogP contribution in [-0.2, 0) is 6.54 Å². The first-order valence-electron chi connectivity index (χ1n) is 8.85. The van der Waals surface area contributed by atoms with Crippen molar-refractivity contribution in [1.82, 2.24) is 9.88 Å². The van der Waals surface area contributed by atoms with Crippen molar-refractivity contribution in [1.29, 1.82) is 0 Å². The molecule has 2 N–H and O–H groups in total. The largest absolute Gasteiger partial charge is 0.378 e. The minimum absolute atomic E-state index is 0.0380. The molecule has 2 heterocycles. The molecule has 2 atom stereocenters. The molecular formula is C19H25N5O2. The Morgan fingerprint density at radius 3 is 2.77 bits per heavy atom. The fourth-order valence-corrected chi connectivity index (χ4v) is 3.71. The fourth-order valence-electron chi connectivity index (χ4n) is 3.71. The number of nitro groups is 1. The van der Waals surface area contributed by atoms with Crippen molar-refractivity contribution in [2.45, 2.75) is 25.9 Å². The molecule has 0 spiro atoms. The third kappa shape index (κ3) is 3.77. The van der Waals surface area contributed by atoms with Crippen LogP contribution >= 0.6 is 0 Å². The minimum atomic E-state index is -0.441. The van der Waals surface area contributed by atoms with Crippen LogP contribution in [0.4, 0.5) is 17.2 Å². The van der Waals surface area contributed by atoms with Gasteiger partial charge in [0.2, 0.25) is 5.82 Å². The number of hydrogen-bond donors (Lipinski definition) is 1. The monoisotopic (exact) mass is 355 g/mol. The molecule has 1 saturated heterocycles. The molecule has 0 amide bonds. The molecule has 0 saturated carbocycles. The number of piperidine rings is 1. The van der Waals surface area contributed by atoms with Gasteiger partial charge in [0.25, 0.3) is 0 Å². The Hall–Kier alpha value is -2.67. The Balaban J connectivity index is 1.81. The van der Waals surface area contributed by atoms with Crippen molar-refractivity contribution in [3.8, 4) is 0 Å². The summed E-state index contributed by atoms with van der Waals surface area (Å²) >= 11 is 0. The average molecular weight is 355 g/mol. The zero-order valence-electron chi connectivity index (χ0n) is 15.2. The Morgan fingerprint density at radius 2 is 2.08 bits per heavy atom. The lowest BCUT2D eigenvalue weighted by atomic mass is 9.91. The molecule has 138 valence electrons. The van der Waals surface area contributed by atoms with Crippen LogP contribution in [0.5, 0.6) is 0 Å². The molecule has 0 aliphatic carbocycles. The predicted molar refractivity (Wildman–Crippen MR) is 103 cm³/mol. The van der Waals surface area contributed by atoms with E-state index in [1.807, 2.05) is 18.0 Å². The zero-order valence-corrected chi connectivity index (χ0v) is 15.2. The van der Waals surface area contributed by atoms with Gasteiger partial charge in [-0.2, -0.15) is 0 Å². The molecule has 2 unspecified atom stereocenters. The van der Waals surface area contributed by atoms with Gasteiger partial charge >= 0.3 is 5.69 Å². The van der Waals surface area contributed by atoms with E-state index in [0.717, 1.165) is 26.1 Å². The first kappa shape index (κ1) is 18.1. The third-order valence-corrected chi connectivity index (χ3v) is 5.24. The molecule has 1 fully saturated rings. The van der Waals surface area contributed by atoms with Crippen molar-refractivity contribution in [2.24, 2.45) is 5.92 Å². The number of benzene rings is 1. The van der Waals surface area contributed by atoms with E-state index in [1.165, 1.54) is 11.8 Å². The summed E-state index contributed by atoms with van der Waals surface area (Å²) in [6, 6.07) is 12.2. The molecule has 2 aromatic rings. The van der Waals surface area contributed by atoms with Crippen molar-refractivity contribution >= 4 is 17.2 Å². The van der Waals surface area contributed by atoms with Gasteiger partial charge in [0.1, 0.15) is 5.69 Å². The highest BCUT2D eigenvalue weighted by Crippen LogP contribution is 2.35. The lowest BCUT2D eigenvalue weighted by Gasteiger charge is -2.42. The van der Waals surface area contributed by atoms with E-state index >= 15 is 0 Å². The van der Waals surface area contributed by atoms with Gasteiger partial charge in [-0.25, -0.2) is 4.98 Å². The van der Waals surface area contributed by atoms with Gasteiger partial charge in [-0.1, -0.05) is 37.3 Å². The van der Waals surface area contributed by atoms with Crippen LogP contribution in [0.15, 0.2) is 42.6 Å². The van der Waals surface area contributed by atoms with Gasteiger partial charge < -0.3 is 10.6 Å². The summed E-state index contributed by atoms with van der Waals surface area (Å²) < 4.78 is 0. The van der Waals surface area contributed by atoms with Gasteiger partial charge in [0.05, 0.1) is 4.92 Å². The quantitative estimate of drug-likeness (QED) is 0.655. The molecule has 1 aromatic heterocycles. The molecule has 7 heteroatoms. The number of nitrogens with zero attached hydrogens (tertiary/aromatic N) is 4. The normalized spacial score (nSPS) is 20.7. The summed E-state index contributed by atoms with van der Waals surface area (Å²) in [5.74, 6) is 0.393. The van der Waals surface area contributed by atoms with Crippen molar-refractivity contribution in [3.63, 3.8) is 0 Å². The molecule has 1 aliphatic rings. The third-order valence-electron chi connectivity index (χ3n) is 5.24. The van der Waals surface area contributed by atoms with E-state index in [9.17, 15) is 10.1 Å². The zero-order chi connectivity index (χ0) is 18.7. The van der Waals surface area contributed by atoms with Gasteiger partial charge in [0, 0.05) is 32.4 Å². The molecule has 26 heavy (non-hydrogen) atoms. The number of anilines is 2. The van der Waals surface area contributed by atoms with Crippen molar-refractivity contribution in [2.75, 3.05) is 30.8 Å². The van der Waals surface area contributed by atoms with Crippen molar-refractivity contribution < 1.29 is 4.92 Å². The number of nitrogen functional groups attached to an aromatic ring is 1. The topological polar surface area (TPSA) is 88.5 Å². The highest BCUT2D eigenvalue weighted by molar-refractivity contribution is 5.72. The van der Waals surface area contributed by atoms with Crippen molar-refractivity contribution in [3.05, 3.63) is 58.3 Å². The summed E-state index contributed by atoms with van der Waals surface area (Å²) in [7, 11) is 1.91. The second-order valence-corrected chi connectivity index (χ2v) is 6.99. The Morgan fingerprint density at radius 1 is 1.35 bits per heavy atom. The lowest BCUT2D eigenvalue weighted by molar-refractivity contribution is -0.383. The van der Waals surface area contributed by atoms with Gasteiger partial charge in [-0.05, 0) is 30.5 Å². The predicted octanol–water partition coefficient (Wildman–Crippen LogP) is 2.92. The number of nitrogens with two attached hydrogens (primary N) is 1. The van der Waals surface area contributed by atoms with Crippen LogP contribution in [0.1, 0.15) is 18.9 Å². The van der Waals surface area contributed by atoms with Crippen LogP contribution in [0.25, 0.3) is 0 Å². The van der Waals surface area contributed by atoms with Crippen LogP contribution in [0.2, 0.25) is 0 Å². The average Bonchev–Trinajstić information content (AvgIpc) is 2.63. The summed E-state index contributed by atoms with van der Waals surface area (Å²) in [6.07, 6.45) is 2.58. The summed E-state index contributed by atoms with van der Waals surface area (Å²) in [5.41, 5.74) is 7.46. The summed E-state index contributed by atoms with van der Waals surface area (Å²) in [6.45, 7) is 4.98. The van der Waals surface area contributed by atoms with Gasteiger partial charge in [0.15, 0.2) is 0 Å². The van der Waals surface area contributed by atoms with E-state index in [2.05, 4.69) is 41.1 Å². The van der Waals surface area contributed by atoms with Gasteiger partial charge in [-0.3, -0.25) is 15.0 Å². The SMILES string of the molecule is CC1CCN(Cc2ccccc2)CC1N(C)c1ccnc(N)c1[N+](=O)[O-]. The Labute approximate surface area is 153 Å². The van der Waals surface area contributed by atoms with Gasteiger partial charge in [-0.15, -0.1) is 0 Å². The standard InChI is InChI=1S/C19H25N5O2/c1-14-9-11-23(12-15-6-4-3-5-7-15)13-17(14)22(2)16-8-10-21-19(20)18(16)24(25)26/h3-8,10,14,17H,9,11-13H2,1-2H3,(H2,20,21). The smallest absolute Gasteiger partial charge is 0.334 e. The number of rotatable bonds is 5. The number of likely N-dealkylation sites (N-methyl/N-ethyl adjacent to an activating group) is 1. The highest BCUT2D eigenvalue weighted by Gasteiger charge is 2.33. The maximum Gasteiger partial charge on any atom is 0.334 e. The molecule has 1 aliphatic heterocycles. The van der Waals surface area contributed by atoms with E-state index in [0.29, 0.717) is 11.6 Å². The Bertz CT molecular complexity index is 768. The molecule has 0 bridgehead atoms. The fraction of sp³-hybridized carbons (Fsp3) is 0.421. The molecule has 1 aromatic carbocycles. The molecule has 7 nitrogen and oxygen atoms in total. The van der Waals surface area contributed by atoms with Crippen LogP contribution < -0.4 is 10.6 Å². The van der Waals surface area contributed by atoms with Crippen LogP contribution in [-0.4, -0.2) is 41.0 Å². The molecule has 3 rings (SSSR count). The Kier molecular flexibility index (Phi) is 5.37. The second-order valence-electron chi connectivity index (χ2n) is 6.99. The van der Waals surface area contributed by atoms with E-state index in [1.54, 1.807) is 6.07 Å².